The van der Waals surface area contributed by atoms with E-state index in [1.54, 1.807) is 43.3 Å². The van der Waals surface area contributed by atoms with Crippen molar-refractivity contribution in [1.29, 1.82) is 0 Å². The summed E-state index contributed by atoms with van der Waals surface area (Å²) in [5.74, 6) is -1.38. The van der Waals surface area contributed by atoms with Crippen LogP contribution in [-0.4, -0.2) is 48.5 Å². The minimum absolute atomic E-state index is 0.0255. The van der Waals surface area contributed by atoms with Gasteiger partial charge in [-0.25, -0.2) is 14.5 Å². The monoisotopic (exact) mass is 515 g/mol. The predicted octanol–water partition coefficient (Wildman–Crippen LogP) is 3.23. The molecule has 0 aliphatic carbocycles. The largest absolute Gasteiger partial charge is 0.481 e. The van der Waals surface area contributed by atoms with Crippen molar-refractivity contribution in [3.05, 3.63) is 63.8 Å². The van der Waals surface area contributed by atoms with Crippen LogP contribution in [0.3, 0.4) is 0 Å². The molecule has 1 fully saturated rings. The number of hydrogen-bond acceptors (Lipinski definition) is 6. The molecular formula is C23H22BrN3O6. The number of imide groups is 1. The summed E-state index contributed by atoms with van der Waals surface area (Å²) in [4.78, 5) is 49.9. The van der Waals surface area contributed by atoms with Gasteiger partial charge in [-0.2, -0.15) is 0 Å². The number of nitrogens with one attached hydrogen (secondary N) is 2. The highest BCUT2D eigenvalue weighted by atomic mass is 79.9. The topological polar surface area (TPSA) is 114 Å². The molecule has 2 aromatic carbocycles. The summed E-state index contributed by atoms with van der Waals surface area (Å²) >= 11 is 3.35. The minimum atomic E-state index is -0.713. The first-order valence-corrected chi connectivity index (χ1v) is 10.8. The third-order valence-corrected chi connectivity index (χ3v) is 4.98. The maximum atomic E-state index is 12.8. The molecule has 10 heteroatoms. The van der Waals surface area contributed by atoms with Gasteiger partial charge in [-0.3, -0.25) is 9.59 Å². The van der Waals surface area contributed by atoms with E-state index in [9.17, 15) is 19.2 Å². The lowest BCUT2D eigenvalue weighted by atomic mass is 10.1. The summed E-state index contributed by atoms with van der Waals surface area (Å²) in [6, 6.07) is 11.4. The number of hydrogen-bond donors (Lipinski definition) is 2. The van der Waals surface area contributed by atoms with Gasteiger partial charge in [0.1, 0.15) is 18.0 Å². The zero-order chi connectivity index (χ0) is 24.0. The number of nitrogens with zero attached hydrogens (tertiary/aromatic N) is 1. The van der Waals surface area contributed by atoms with Crippen LogP contribution in [0, 0.1) is 6.92 Å². The molecule has 0 saturated carbocycles. The Morgan fingerprint density at radius 1 is 1.18 bits per heavy atom. The van der Waals surface area contributed by atoms with E-state index in [1.165, 1.54) is 6.08 Å². The molecule has 9 nitrogen and oxygen atoms in total. The standard InChI is InChI=1S/C23H22BrN3O6/c1-3-32-21(29)13-33-19-8-7-16(24)10-15(19)11-18-22(30)27(23(31)26-18)12-20(28)25-17-6-4-5-14(2)9-17/h4-11H,3,12-13H2,1-2H3,(H,25,28)(H,26,31)/b18-11+. The minimum Gasteiger partial charge on any atom is -0.481 e. The van der Waals surface area contributed by atoms with Crippen molar-refractivity contribution in [2.45, 2.75) is 13.8 Å². The van der Waals surface area contributed by atoms with E-state index < -0.39 is 30.4 Å². The van der Waals surface area contributed by atoms with Gasteiger partial charge in [0.05, 0.1) is 6.61 Å². The van der Waals surface area contributed by atoms with Gasteiger partial charge in [0, 0.05) is 15.7 Å². The Morgan fingerprint density at radius 3 is 2.70 bits per heavy atom. The molecular weight excluding hydrogens is 494 g/mol. The molecule has 33 heavy (non-hydrogen) atoms. The molecule has 0 aromatic heterocycles. The zero-order valence-corrected chi connectivity index (χ0v) is 19.6. The molecule has 0 radical (unpaired) electrons. The Bertz CT molecular complexity index is 1130. The maximum Gasteiger partial charge on any atom is 0.344 e. The van der Waals surface area contributed by atoms with Gasteiger partial charge in [0.15, 0.2) is 6.61 Å². The van der Waals surface area contributed by atoms with E-state index in [-0.39, 0.29) is 18.9 Å². The van der Waals surface area contributed by atoms with Gasteiger partial charge in [-0.15, -0.1) is 0 Å². The molecule has 1 aliphatic rings. The Balaban J connectivity index is 1.73. The van der Waals surface area contributed by atoms with E-state index in [0.717, 1.165) is 10.5 Å². The van der Waals surface area contributed by atoms with Gasteiger partial charge < -0.3 is 20.1 Å². The molecule has 0 unspecified atom stereocenters. The Hall–Kier alpha value is -3.66. The number of ether oxygens (including phenoxy) is 2. The number of aryl methyl sites for hydroxylation is 1. The van der Waals surface area contributed by atoms with Gasteiger partial charge >= 0.3 is 12.0 Å². The van der Waals surface area contributed by atoms with Gasteiger partial charge in [0.25, 0.3) is 5.91 Å². The van der Waals surface area contributed by atoms with Crippen molar-refractivity contribution in [3.63, 3.8) is 0 Å². The van der Waals surface area contributed by atoms with Crippen LogP contribution in [0.5, 0.6) is 5.75 Å². The average molecular weight is 516 g/mol. The fourth-order valence-corrected chi connectivity index (χ4v) is 3.42. The van der Waals surface area contributed by atoms with E-state index >= 15 is 0 Å². The van der Waals surface area contributed by atoms with Crippen LogP contribution in [0.15, 0.2) is 52.6 Å². The van der Waals surface area contributed by atoms with Crippen molar-refractivity contribution < 1.29 is 28.7 Å². The molecule has 172 valence electrons. The Kier molecular flexibility index (Phi) is 7.83. The number of anilines is 1. The summed E-state index contributed by atoms with van der Waals surface area (Å²) in [6.45, 7) is 3.05. The van der Waals surface area contributed by atoms with E-state index in [4.69, 9.17) is 9.47 Å². The number of urea groups is 1. The molecule has 0 atom stereocenters. The number of carbonyl (C=O) groups excluding carboxylic acids is 4. The summed E-state index contributed by atoms with van der Waals surface area (Å²) in [6.07, 6.45) is 1.42. The lowest BCUT2D eigenvalue weighted by molar-refractivity contribution is -0.145. The van der Waals surface area contributed by atoms with Gasteiger partial charge in [-0.05, 0) is 55.8 Å². The molecule has 1 heterocycles. The zero-order valence-electron chi connectivity index (χ0n) is 18.0. The quantitative estimate of drug-likeness (QED) is 0.317. The molecule has 1 saturated heterocycles. The van der Waals surface area contributed by atoms with Crippen LogP contribution in [-0.2, 0) is 19.1 Å². The highest BCUT2D eigenvalue weighted by molar-refractivity contribution is 9.10. The highest BCUT2D eigenvalue weighted by Gasteiger charge is 2.35. The van der Waals surface area contributed by atoms with Crippen LogP contribution < -0.4 is 15.4 Å². The summed E-state index contributed by atoms with van der Waals surface area (Å²) < 4.78 is 11.1. The molecule has 1 aliphatic heterocycles. The molecule has 3 rings (SSSR count). The average Bonchev–Trinajstić information content (AvgIpc) is 3.00. The van der Waals surface area contributed by atoms with Crippen molar-refractivity contribution in [1.82, 2.24) is 10.2 Å². The van der Waals surface area contributed by atoms with Crippen molar-refractivity contribution in [3.8, 4) is 5.75 Å². The normalized spacial score (nSPS) is 14.3. The highest BCUT2D eigenvalue weighted by Crippen LogP contribution is 2.26. The molecule has 4 amide bonds. The Morgan fingerprint density at radius 2 is 1.97 bits per heavy atom. The second-order valence-electron chi connectivity index (χ2n) is 7.07. The molecule has 0 spiro atoms. The fourth-order valence-electron chi connectivity index (χ4n) is 3.04. The SMILES string of the molecule is CCOC(=O)COc1ccc(Br)cc1/C=C1/NC(=O)N(CC(=O)Nc2cccc(C)c2)C1=O. The first-order valence-electron chi connectivity index (χ1n) is 10.1. The van der Waals surface area contributed by atoms with Gasteiger partial charge in [-0.1, -0.05) is 28.1 Å². The second-order valence-corrected chi connectivity index (χ2v) is 7.99. The fraction of sp³-hybridized carbons (Fsp3) is 0.217. The van der Waals surface area contributed by atoms with Crippen LogP contribution in [0.1, 0.15) is 18.1 Å². The van der Waals surface area contributed by atoms with E-state index in [2.05, 4.69) is 26.6 Å². The molecule has 0 bridgehead atoms. The third-order valence-electron chi connectivity index (χ3n) is 4.49. The molecule has 2 aromatic rings. The number of benzene rings is 2. The number of esters is 1. The van der Waals surface area contributed by atoms with Crippen molar-refractivity contribution >= 4 is 51.5 Å². The number of amides is 4. The first-order chi connectivity index (χ1) is 15.8. The smallest absolute Gasteiger partial charge is 0.344 e. The molecule has 2 N–H and O–H groups in total. The van der Waals surface area contributed by atoms with E-state index in [0.29, 0.717) is 21.5 Å². The lowest BCUT2D eigenvalue weighted by Gasteiger charge is -2.12. The van der Waals surface area contributed by atoms with Crippen LogP contribution in [0.4, 0.5) is 10.5 Å². The van der Waals surface area contributed by atoms with Crippen LogP contribution in [0.2, 0.25) is 0 Å². The number of halogens is 1. The summed E-state index contributed by atoms with van der Waals surface area (Å²) in [5.41, 5.74) is 1.95. The van der Waals surface area contributed by atoms with Crippen LogP contribution >= 0.6 is 15.9 Å². The van der Waals surface area contributed by atoms with Crippen molar-refractivity contribution in [2.24, 2.45) is 0 Å². The predicted molar refractivity (Wildman–Crippen MR) is 124 cm³/mol. The maximum absolute atomic E-state index is 12.8. The summed E-state index contributed by atoms with van der Waals surface area (Å²) in [7, 11) is 0. The van der Waals surface area contributed by atoms with Crippen LogP contribution in [0.25, 0.3) is 6.08 Å². The van der Waals surface area contributed by atoms with E-state index in [1.807, 2.05) is 13.0 Å². The lowest BCUT2D eigenvalue weighted by Crippen LogP contribution is -2.38. The summed E-state index contributed by atoms with van der Waals surface area (Å²) in [5, 5.41) is 5.14. The number of rotatable bonds is 8. The third kappa shape index (κ3) is 6.42. The Labute approximate surface area is 198 Å². The number of carbonyl (C=O) groups is 4. The van der Waals surface area contributed by atoms with Crippen molar-refractivity contribution in [2.75, 3.05) is 25.1 Å². The van der Waals surface area contributed by atoms with Gasteiger partial charge in [0.2, 0.25) is 5.91 Å². The second kappa shape index (κ2) is 10.8. The first kappa shape index (κ1) is 24.0.